The van der Waals surface area contributed by atoms with Crippen molar-refractivity contribution in [2.24, 2.45) is 0 Å². The van der Waals surface area contributed by atoms with Crippen molar-refractivity contribution in [3.63, 3.8) is 0 Å². The van der Waals surface area contributed by atoms with Gasteiger partial charge >= 0.3 is 0 Å². The molecule has 0 bridgehead atoms. The summed E-state index contributed by atoms with van der Waals surface area (Å²) in [5.41, 5.74) is 5.28. The van der Waals surface area contributed by atoms with Gasteiger partial charge in [0.05, 0.1) is 5.69 Å². The van der Waals surface area contributed by atoms with Crippen LogP contribution in [0.4, 0.5) is 10.1 Å². The van der Waals surface area contributed by atoms with Crippen LogP contribution >= 0.6 is 12.4 Å². The maximum absolute atomic E-state index is 13.3. The van der Waals surface area contributed by atoms with Crippen molar-refractivity contribution in [2.75, 3.05) is 31.6 Å². The van der Waals surface area contributed by atoms with Gasteiger partial charge in [-0.2, -0.15) is 0 Å². The summed E-state index contributed by atoms with van der Waals surface area (Å²) in [6.07, 6.45) is 7.63. The second-order valence-corrected chi connectivity index (χ2v) is 9.21. The summed E-state index contributed by atoms with van der Waals surface area (Å²) in [5.74, 6) is 0.264. The van der Waals surface area contributed by atoms with Crippen molar-refractivity contribution >= 4 is 29.8 Å². The lowest BCUT2D eigenvalue weighted by Crippen LogP contribution is -2.39. The first-order chi connectivity index (χ1) is 15.5. The van der Waals surface area contributed by atoms with E-state index in [0.717, 1.165) is 81.4 Å². The molecule has 4 nitrogen and oxygen atoms in total. The minimum absolute atomic E-state index is 0. The van der Waals surface area contributed by atoms with Crippen LogP contribution in [0.2, 0.25) is 0 Å². The van der Waals surface area contributed by atoms with Crippen LogP contribution in [0.15, 0.2) is 36.4 Å². The number of benzene rings is 2. The van der Waals surface area contributed by atoms with Gasteiger partial charge in [-0.15, -0.1) is 12.4 Å². The number of carbonyl (C=O) groups excluding carboxylic acids is 2. The van der Waals surface area contributed by atoms with Gasteiger partial charge < -0.3 is 9.80 Å². The van der Waals surface area contributed by atoms with Crippen molar-refractivity contribution in [1.29, 1.82) is 0 Å². The molecule has 0 aromatic heterocycles. The van der Waals surface area contributed by atoms with Gasteiger partial charge in [-0.1, -0.05) is 18.6 Å². The van der Waals surface area contributed by atoms with Gasteiger partial charge in [0.15, 0.2) is 5.78 Å². The number of amides is 1. The zero-order valence-corrected chi connectivity index (χ0v) is 20.3. The average molecular weight is 473 g/mol. The zero-order chi connectivity index (χ0) is 22.5. The van der Waals surface area contributed by atoms with E-state index in [-0.39, 0.29) is 29.9 Å². The molecule has 33 heavy (non-hydrogen) atoms. The van der Waals surface area contributed by atoms with Crippen molar-refractivity contribution in [1.82, 2.24) is 4.90 Å². The number of aryl methyl sites for hydroxylation is 2. The Morgan fingerprint density at radius 2 is 1.82 bits per heavy atom. The van der Waals surface area contributed by atoms with E-state index in [9.17, 15) is 14.0 Å². The second-order valence-electron chi connectivity index (χ2n) is 9.21. The van der Waals surface area contributed by atoms with Crippen LogP contribution in [0, 0.1) is 5.82 Å². The summed E-state index contributed by atoms with van der Waals surface area (Å²) >= 11 is 0. The third-order valence-corrected chi connectivity index (χ3v) is 6.71. The van der Waals surface area contributed by atoms with Crippen LogP contribution in [0.1, 0.15) is 65.6 Å². The highest BCUT2D eigenvalue weighted by atomic mass is 35.5. The number of halogens is 2. The van der Waals surface area contributed by atoms with Crippen LogP contribution in [-0.2, 0) is 24.1 Å². The zero-order valence-electron chi connectivity index (χ0n) is 19.4. The number of Topliss-reactive ketones (excluding diaryl/α,β-unsaturated/α-hetero) is 1. The molecule has 1 amide bonds. The Balaban J connectivity index is 0.00000306. The number of carbonyl (C=O) groups is 2. The molecule has 2 aromatic rings. The van der Waals surface area contributed by atoms with Crippen LogP contribution < -0.4 is 4.90 Å². The highest BCUT2D eigenvalue weighted by Gasteiger charge is 2.30. The number of anilines is 1. The molecule has 0 atom stereocenters. The Hall–Kier alpha value is -2.24. The smallest absolute Gasteiger partial charge is 0.227 e. The largest absolute Gasteiger partial charge is 0.312 e. The molecule has 0 saturated carbocycles. The highest BCUT2D eigenvalue weighted by molar-refractivity contribution is 6.01. The topological polar surface area (TPSA) is 40.6 Å². The fourth-order valence-corrected chi connectivity index (χ4v) is 4.93. The number of hydrogen-bond acceptors (Lipinski definition) is 3. The van der Waals surface area contributed by atoms with Crippen LogP contribution in [0.25, 0.3) is 0 Å². The van der Waals surface area contributed by atoms with E-state index in [2.05, 4.69) is 11.9 Å². The van der Waals surface area contributed by atoms with Gasteiger partial charge in [-0.05, 0) is 93.1 Å². The molecule has 178 valence electrons. The standard InChI is InChI=1S/C27H33FN2O2.ClH/c1-29(16-13-20-7-5-9-24(28)17-20)14-4-2-3-10-25(31)23-18-21-8-6-15-30-26(32)12-11-22(19-23)27(21)30;/h5,7,9,17-19H,2-4,6,8,10-16H2,1H3;1H. The molecule has 0 N–H and O–H groups in total. The predicted molar refractivity (Wildman–Crippen MR) is 133 cm³/mol. The Morgan fingerprint density at radius 1 is 1.03 bits per heavy atom. The lowest BCUT2D eigenvalue weighted by molar-refractivity contribution is -0.119. The van der Waals surface area contributed by atoms with E-state index < -0.39 is 0 Å². The van der Waals surface area contributed by atoms with Crippen LogP contribution in [0.5, 0.6) is 0 Å². The molecule has 0 radical (unpaired) electrons. The molecule has 2 aromatic carbocycles. The predicted octanol–water partition coefficient (Wildman–Crippen LogP) is 5.39. The molecule has 6 heteroatoms. The quantitative estimate of drug-likeness (QED) is 0.344. The lowest BCUT2D eigenvalue weighted by Gasteiger charge is -2.35. The van der Waals surface area contributed by atoms with E-state index >= 15 is 0 Å². The first-order valence-corrected chi connectivity index (χ1v) is 11.9. The number of nitrogens with zero attached hydrogens (tertiary/aromatic N) is 2. The minimum Gasteiger partial charge on any atom is -0.312 e. The maximum Gasteiger partial charge on any atom is 0.227 e. The first kappa shape index (κ1) is 25.4. The summed E-state index contributed by atoms with van der Waals surface area (Å²) in [7, 11) is 2.09. The van der Waals surface area contributed by atoms with Gasteiger partial charge in [0.2, 0.25) is 5.91 Å². The summed E-state index contributed by atoms with van der Waals surface area (Å²) in [5, 5.41) is 0. The third-order valence-electron chi connectivity index (χ3n) is 6.71. The van der Waals surface area contributed by atoms with E-state index in [0.29, 0.717) is 12.8 Å². The lowest BCUT2D eigenvalue weighted by atomic mass is 9.88. The summed E-state index contributed by atoms with van der Waals surface area (Å²) in [4.78, 5) is 29.2. The molecule has 2 heterocycles. The molecular weight excluding hydrogens is 439 g/mol. The molecule has 4 rings (SSSR count). The average Bonchev–Trinajstić information content (AvgIpc) is 2.79. The third kappa shape index (κ3) is 6.42. The van der Waals surface area contributed by atoms with E-state index in [4.69, 9.17) is 0 Å². The first-order valence-electron chi connectivity index (χ1n) is 11.9. The number of ketones is 1. The summed E-state index contributed by atoms with van der Waals surface area (Å²) in [6.45, 7) is 2.69. The number of hydrogen-bond donors (Lipinski definition) is 0. The molecule has 0 aliphatic carbocycles. The van der Waals surface area contributed by atoms with E-state index in [1.807, 2.05) is 23.1 Å². The van der Waals surface area contributed by atoms with E-state index in [1.165, 1.54) is 17.2 Å². The second kappa shape index (κ2) is 11.8. The number of likely N-dealkylation sites (N-methyl/N-ethyl adjacent to an activating group) is 1. The monoisotopic (exact) mass is 472 g/mol. The summed E-state index contributed by atoms with van der Waals surface area (Å²) < 4.78 is 13.3. The fourth-order valence-electron chi connectivity index (χ4n) is 4.93. The highest BCUT2D eigenvalue weighted by Crippen LogP contribution is 2.36. The molecular formula is C27H34ClFN2O2. The van der Waals surface area contributed by atoms with Gasteiger partial charge in [0, 0.05) is 31.5 Å². The van der Waals surface area contributed by atoms with Crippen molar-refractivity contribution in [3.8, 4) is 0 Å². The minimum atomic E-state index is -0.177. The normalized spacial score (nSPS) is 14.8. The Morgan fingerprint density at radius 3 is 2.61 bits per heavy atom. The Labute approximate surface area is 202 Å². The van der Waals surface area contributed by atoms with Crippen LogP contribution in [-0.4, -0.2) is 43.3 Å². The molecule has 2 aliphatic rings. The molecule has 2 aliphatic heterocycles. The number of unbranched alkanes of at least 4 members (excludes halogenated alkanes) is 2. The maximum atomic E-state index is 13.3. The molecule has 0 unspecified atom stereocenters. The SMILES string of the molecule is CN(CCCCCC(=O)c1cc2c3c(c1)CCC(=O)N3CCC2)CCc1cccc(F)c1.Cl. The van der Waals surface area contributed by atoms with Gasteiger partial charge in [0.25, 0.3) is 0 Å². The molecule has 0 saturated heterocycles. The summed E-state index contributed by atoms with van der Waals surface area (Å²) in [6, 6.07) is 10.9. The van der Waals surface area contributed by atoms with Crippen molar-refractivity contribution < 1.29 is 14.0 Å². The van der Waals surface area contributed by atoms with Gasteiger partial charge in [0.1, 0.15) is 5.82 Å². The van der Waals surface area contributed by atoms with Gasteiger partial charge in [-0.3, -0.25) is 9.59 Å². The molecule has 0 fully saturated rings. The van der Waals surface area contributed by atoms with Crippen molar-refractivity contribution in [2.45, 2.75) is 57.8 Å². The van der Waals surface area contributed by atoms with Crippen LogP contribution in [0.3, 0.4) is 0 Å². The van der Waals surface area contributed by atoms with Gasteiger partial charge in [-0.25, -0.2) is 4.39 Å². The number of rotatable bonds is 10. The Kier molecular flexibility index (Phi) is 9.04. The molecule has 0 spiro atoms. The fraction of sp³-hybridized carbons (Fsp3) is 0.481. The Bertz CT molecular complexity index is 977. The van der Waals surface area contributed by atoms with Crippen molar-refractivity contribution in [3.05, 3.63) is 64.5 Å². The van der Waals surface area contributed by atoms with E-state index in [1.54, 1.807) is 12.1 Å².